The van der Waals surface area contributed by atoms with Gasteiger partial charge in [-0.15, -0.1) is 0 Å². The van der Waals surface area contributed by atoms with E-state index in [0.29, 0.717) is 12.3 Å². The molecule has 98 valence electrons. The van der Waals surface area contributed by atoms with Crippen LogP contribution in [0.4, 0.5) is 0 Å². The Bertz CT molecular complexity index is 429. The number of hydrogen-bond acceptors (Lipinski definition) is 3. The van der Waals surface area contributed by atoms with E-state index < -0.39 is 0 Å². The van der Waals surface area contributed by atoms with Crippen molar-refractivity contribution in [1.82, 2.24) is 4.90 Å². The van der Waals surface area contributed by atoms with Gasteiger partial charge >= 0.3 is 0 Å². The molecule has 2 rings (SSSR count). The molecule has 0 bridgehead atoms. The highest BCUT2D eigenvalue weighted by Gasteiger charge is 2.18. The van der Waals surface area contributed by atoms with E-state index in [1.54, 1.807) is 7.11 Å². The lowest BCUT2D eigenvalue weighted by Crippen LogP contribution is -2.35. The van der Waals surface area contributed by atoms with Crippen LogP contribution in [0.25, 0.3) is 0 Å². The summed E-state index contributed by atoms with van der Waals surface area (Å²) in [5, 5.41) is 0. The molecule has 0 radical (unpaired) electrons. The van der Waals surface area contributed by atoms with E-state index in [2.05, 4.69) is 24.0 Å². The SMILES string of the molecule is CCc1ccc(OC)c(CN2CCCC(=O)C2)c1. The maximum atomic E-state index is 11.5. The van der Waals surface area contributed by atoms with E-state index >= 15 is 0 Å². The molecule has 3 heteroatoms. The van der Waals surface area contributed by atoms with E-state index in [1.165, 1.54) is 11.1 Å². The molecule has 0 saturated carbocycles. The lowest BCUT2D eigenvalue weighted by atomic mass is 10.1. The fraction of sp³-hybridized carbons (Fsp3) is 0.533. The van der Waals surface area contributed by atoms with Gasteiger partial charge in [-0.05, 0) is 31.0 Å². The number of methoxy groups -OCH3 is 1. The van der Waals surface area contributed by atoms with Gasteiger partial charge in [0.2, 0.25) is 0 Å². The summed E-state index contributed by atoms with van der Waals surface area (Å²) in [6.07, 6.45) is 2.74. The lowest BCUT2D eigenvalue weighted by molar-refractivity contribution is -0.122. The third-order valence-corrected chi connectivity index (χ3v) is 3.48. The summed E-state index contributed by atoms with van der Waals surface area (Å²) in [5.41, 5.74) is 2.50. The average Bonchev–Trinajstić information content (AvgIpc) is 2.38. The van der Waals surface area contributed by atoms with Gasteiger partial charge in [-0.1, -0.05) is 19.1 Å². The highest BCUT2D eigenvalue weighted by Crippen LogP contribution is 2.23. The fourth-order valence-corrected chi connectivity index (χ4v) is 2.46. The van der Waals surface area contributed by atoms with Gasteiger partial charge in [0.15, 0.2) is 0 Å². The highest BCUT2D eigenvalue weighted by atomic mass is 16.5. The van der Waals surface area contributed by atoms with Crippen molar-refractivity contribution in [2.24, 2.45) is 0 Å². The Balaban J connectivity index is 2.13. The lowest BCUT2D eigenvalue weighted by Gasteiger charge is -2.26. The van der Waals surface area contributed by atoms with Crippen molar-refractivity contribution >= 4 is 5.78 Å². The first-order valence-corrected chi connectivity index (χ1v) is 6.62. The Morgan fingerprint density at radius 2 is 2.22 bits per heavy atom. The summed E-state index contributed by atoms with van der Waals surface area (Å²) in [5.74, 6) is 1.28. The minimum Gasteiger partial charge on any atom is -0.496 e. The van der Waals surface area contributed by atoms with Gasteiger partial charge in [0.1, 0.15) is 11.5 Å². The monoisotopic (exact) mass is 247 g/mol. The molecule has 1 heterocycles. The maximum absolute atomic E-state index is 11.5. The van der Waals surface area contributed by atoms with Crippen molar-refractivity contribution in [3.63, 3.8) is 0 Å². The van der Waals surface area contributed by atoms with Crippen LogP contribution < -0.4 is 4.74 Å². The number of benzene rings is 1. The number of aryl methyl sites for hydroxylation is 1. The normalized spacial score (nSPS) is 16.9. The number of piperidine rings is 1. The van der Waals surface area contributed by atoms with Crippen LogP contribution in [-0.4, -0.2) is 30.9 Å². The molecule has 0 unspecified atom stereocenters. The van der Waals surface area contributed by atoms with Gasteiger partial charge in [-0.25, -0.2) is 0 Å². The van der Waals surface area contributed by atoms with E-state index in [0.717, 1.165) is 38.1 Å². The zero-order chi connectivity index (χ0) is 13.0. The molecule has 0 N–H and O–H groups in total. The smallest absolute Gasteiger partial charge is 0.146 e. The van der Waals surface area contributed by atoms with E-state index in [9.17, 15) is 4.79 Å². The molecular formula is C15H21NO2. The van der Waals surface area contributed by atoms with Gasteiger partial charge in [0, 0.05) is 18.5 Å². The van der Waals surface area contributed by atoms with Crippen LogP contribution in [-0.2, 0) is 17.8 Å². The van der Waals surface area contributed by atoms with Crippen LogP contribution in [0.3, 0.4) is 0 Å². The first-order valence-electron chi connectivity index (χ1n) is 6.62. The van der Waals surface area contributed by atoms with Crippen molar-refractivity contribution < 1.29 is 9.53 Å². The van der Waals surface area contributed by atoms with Crippen LogP contribution in [0.1, 0.15) is 30.9 Å². The molecule has 1 aromatic carbocycles. The predicted octanol–water partition coefficient (Wildman–Crippen LogP) is 2.42. The molecule has 0 aromatic heterocycles. The van der Waals surface area contributed by atoms with Crippen molar-refractivity contribution in [2.45, 2.75) is 32.7 Å². The largest absolute Gasteiger partial charge is 0.496 e. The summed E-state index contributed by atoms with van der Waals surface area (Å²) >= 11 is 0. The molecule has 1 fully saturated rings. The highest BCUT2D eigenvalue weighted by molar-refractivity contribution is 5.81. The van der Waals surface area contributed by atoms with Crippen molar-refractivity contribution in [2.75, 3.05) is 20.2 Å². The average molecular weight is 247 g/mol. The van der Waals surface area contributed by atoms with Crippen LogP contribution in [0.15, 0.2) is 18.2 Å². The number of ether oxygens (including phenoxy) is 1. The summed E-state index contributed by atoms with van der Waals surface area (Å²) in [6.45, 7) is 4.55. The second kappa shape index (κ2) is 6.01. The Labute approximate surface area is 109 Å². The summed E-state index contributed by atoms with van der Waals surface area (Å²) in [6, 6.07) is 6.32. The van der Waals surface area contributed by atoms with Crippen LogP contribution >= 0.6 is 0 Å². The first kappa shape index (κ1) is 13.1. The number of nitrogens with zero attached hydrogens (tertiary/aromatic N) is 1. The molecule has 0 spiro atoms. The molecule has 0 aliphatic carbocycles. The maximum Gasteiger partial charge on any atom is 0.146 e. The molecule has 1 aliphatic rings. The topological polar surface area (TPSA) is 29.5 Å². The number of carbonyl (C=O) groups excluding carboxylic acids is 1. The van der Waals surface area contributed by atoms with Crippen molar-refractivity contribution in [3.05, 3.63) is 29.3 Å². The Morgan fingerprint density at radius 3 is 2.89 bits per heavy atom. The van der Waals surface area contributed by atoms with Crippen LogP contribution in [0.2, 0.25) is 0 Å². The summed E-state index contributed by atoms with van der Waals surface area (Å²) in [7, 11) is 1.70. The van der Waals surface area contributed by atoms with Crippen molar-refractivity contribution in [3.8, 4) is 5.75 Å². The second-order valence-electron chi connectivity index (χ2n) is 4.85. The molecule has 0 amide bonds. The van der Waals surface area contributed by atoms with Crippen molar-refractivity contribution in [1.29, 1.82) is 0 Å². The van der Waals surface area contributed by atoms with Gasteiger partial charge < -0.3 is 4.74 Å². The zero-order valence-corrected chi connectivity index (χ0v) is 11.2. The predicted molar refractivity (Wildman–Crippen MR) is 71.9 cm³/mol. The summed E-state index contributed by atoms with van der Waals surface area (Å²) < 4.78 is 5.40. The molecule has 0 atom stereocenters. The Kier molecular flexibility index (Phi) is 4.37. The third kappa shape index (κ3) is 3.10. The molecular weight excluding hydrogens is 226 g/mol. The number of ketones is 1. The Hall–Kier alpha value is -1.35. The summed E-state index contributed by atoms with van der Waals surface area (Å²) in [4.78, 5) is 13.7. The van der Waals surface area contributed by atoms with Crippen LogP contribution in [0, 0.1) is 0 Å². The third-order valence-electron chi connectivity index (χ3n) is 3.48. The quantitative estimate of drug-likeness (QED) is 0.818. The fourth-order valence-electron chi connectivity index (χ4n) is 2.46. The van der Waals surface area contributed by atoms with Gasteiger partial charge in [0.05, 0.1) is 13.7 Å². The van der Waals surface area contributed by atoms with Gasteiger partial charge in [0.25, 0.3) is 0 Å². The number of likely N-dealkylation sites (tertiary alicyclic amines) is 1. The minimum absolute atomic E-state index is 0.354. The Morgan fingerprint density at radius 1 is 1.39 bits per heavy atom. The van der Waals surface area contributed by atoms with E-state index in [1.807, 2.05) is 6.07 Å². The zero-order valence-electron chi connectivity index (χ0n) is 11.2. The molecule has 18 heavy (non-hydrogen) atoms. The first-order chi connectivity index (χ1) is 8.72. The van der Waals surface area contributed by atoms with E-state index in [-0.39, 0.29) is 0 Å². The minimum atomic E-state index is 0.354. The molecule has 1 saturated heterocycles. The van der Waals surface area contributed by atoms with Crippen LogP contribution in [0.5, 0.6) is 5.75 Å². The number of rotatable bonds is 4. The molecule has 1 aromatic rings. The van der Waals surface area contributed by atoms with Gasteiger partial charge in [-0.3, -0.25) is 9.69 Å². The standard InChI is InChI=1S/C15H21NO2/c1-3-12-6-7-15(18-2)13(9-12)10-16-8-4-5-14(17)11-16/h6-7,9H,3-5,8,10-11H2,1-2H3. The number of carbonyl (C=O) groups is 1. The number of hydrogen-bond donors (Lipinski definition) is 0. The molecule has 1 aliphatic heterocycles. The second-order valence-corrected chi connectivity index (χ2v) is 4.85. The van der Waals surface area contributed by atoms with Gasteiger partial charge in [-0.2, -0.15) is 0 Å². The number of Topliss-reactive ketones (excluding diaryl/α,β-unsaturated/α-hetero) is 1. The molecule has 3 nitrogen and oxygen atoms in total. The van der Waals surface area contributed by atoms with E-state index in [4.69, 9.17) is 4.74 Å².